The van der Waals surface area contributed by atoms with Gasteiger partial charge in [0.15, 0.2) is 11.6 Å². The summed E-state index contributed by atoms with van der Waals surface area (Å²) in [7, 11) is 0. The highest BCUT2D eigenvalue weighted by atomic mass is 35.6. The molecule has 1 aromatic carbocycles. The van der Waals surface area contributed by atoms with E-state index < -0.39 is 3.79 Å². The average molecular weight is 498 g/mol. The minimum absolute atomic E-state index is 0.0540. The molecule has 0 saturated carbocycles. The quantitative estimate of drug-likeness (QED) is 0.498. The Morgan fingerprint density at radius 2 is 1.76 bits per heavy atom. The van der Waals surface area contributed by atoms with E-state index in [2.05, 4.69) is 39.0 Å². The summed E-state index contributed by atoms with van der Waals surface area (Å²) >= 11 is 30.3. The first-order valence-electron chi connectivity index (χ1n) is 9.39. The normalized spacial score (nSPS) is 16.4. The van der Waals surface area contributed by atoms with Crippen LogP contribution in [0.3, 0.4) is 0 Å². The molecule has 0 bridgehead atoms. The minimum Gasteiger partial charge on any atom is -0.351 e. The number of alkyl halides is 3. The van der Waals surface area contributed by atoms with Crippen LogP contribution in [0.1, 0.15) is 32.5 Å². The second kappa shape index (κ2) is 9.71. The van der Waals surface area contributed by atoms with E-state index in [0.717, 1.165) is 32.5 Å². The van der Waals surface area contributed by atoms with Gasteiger partial charge in [-0.1, -0.05) is 71.9 Å². The van der Waals surface area contributed by atoms with E-state index >= 15 is 0 Å². The molecule has 0 radical (unpaired) electrons. The van der Waals surface area contributed by atoms with Crippen molar-refractivity contribution in [2.45, 2.75) is 36.5 Å². The molecule has 0 spiro atoms. The van der Waals surface area contributed by atoms with Crippen molar-refractivity contribution in [3.63, 3.8) is 0 Å². The molecule has 0 atom stereocenters. The molecular weight excluding hydrogens is 476 g/mol. The Balaban J connectivity index is 1.82. The molecule has 1 aliphatic heterocycles. The third-order valence-electron chi connectivity index (χ3n) is 4.61. The third kappa shape index (κ3) is 6.46. The maximum atomic E-state index is 6.14. The molecule has 1 aromatic heterocycles. The molecular formula is C19H22Cl5N5. The highest BCUT2D eigenvalue weighted by Gasteiger charge is 2.29. The smallest absolute Gasteiger partial charge is 0.250 e. The summed E-state index contributed by atoms with van der Waals surface area (Å²) in [6.45, 7) is 7.63. The molecule has 1 N–H and O–H groups in total. The number of hydrogen-bond acceptors (Lipinski definition) is 5. The fraction of sp³-hybridized carbons (Fsp3) is 0.526. The van der Waals surface area contributed by atoms with Crippen LogP contribution in [0.5, 0.6) is 0 Å². The number of nitrogens with one attached hydrogen (secondary N) is 1. The Kier molecular flexibility index (Phi) is 7.74. The van der Waals surface area contributed by atoms with Crippen LogP contribution >= 0.6 is 58.0 Å². The molecule has 5 nitrogen and oxygen atoms in total. The third-order valence-corrected chi connectivity index (χ3v) is 5.86. The SMILES string of the molecule is CC(C)CN1CCC(Nc2nc(-c3ccc(Cl)c(Cl)c3)nc(C(Cl)(Cl)Cl)n2)CC1. The van der Waals surface area contributed by atoms with Gasteiger partial charge in [-0.2, -0.15) is 9.97 Å². The molecule has 1 fully saturated rings. The second-order valence-electron chi connectivity index (χ2n) is 7.55. The Hall–Kier alpha value is -0.560. The van der Waals surface area contributed by atoms with E-state index in [-0.39, 0.29) is 11.9 Å². The van der Waals surface area contributed by atoms with E-state index in [1.807, 2.05) is 0 Å². The monoisotopic (exact) mass is 495 g/mol. The van der Waals surface area contributed by atoms with Crippen molar-refractivity contribution in [1.29, 1.82) is 0 Å². The number of nitrogens with zero attached hydrogens (tertiary/aromatic N) is 4. The summed E-state index contributed by atoms with van der Waals surface area (Å²) in [6, 6.07) is 5.36. The van der Waals surface area contributed by atoms with Gasteiger partial charge in [-0.25, -0.2) is 4.98 Å². The van der Waals surface area contributed by atoms with Gasteiger partial charge in [0, 0.05) is 31.2 Å². The van der Waals surface area contributed by atoms with Crippen LogP contribution in [0.4, 0.5) is 5.95 Å². The lowest BCUT2D eigenvalue weighted by Gasteiger charge is -2.33. The number of hydrogen-bond donors (Lipinski definition) is 1. The van der Waals surface area contributed by atoms with Crippen molar-refractivity contribution < 1.29 is 0 Å². The fourth-order valence-corrected chi connectivity index (χ4v) is 3.84. The van der Waals surface area contributed by atoms with Gasteiger partial charge < -0.3 is 10.2 Å². The zero-order valence-corrected chi connectivity index (χ0v) is 19.9. The summed E-state index contributed by atoms with van der Waals surface area (Å²) in [5.41, 5.74) is 0.659. The first kappa shape index (κ1) is 23.1. The number of aromatic nitrogens is 3. The highest BCUT2D eigenvalue weighted by molar-refractivity contribution is 6.66. The Bertz CT molecular complexity index is 847. The summed E-state index contributed by atoms with van der Waals surface area (Å²) in [5, 5.41) is 4.22. The van der Waals surface area contributed by atoms with Crippen molar-refractivity contribution >= 4 is 64.0 Å². The fourth-order valence-electron chi connectivity index (χ4n) is 3.29. The second-order valence-corrected chi connectivity index (χ2v) is 10.6. The average Bonchev–Trinajstić information content (AvgIpc) is 2.64. The van der Waals surface area contributed by atoms with Crippen LogP contribution in [-0.4, -0.2) is 45.5 Å². The van der Waals surface area contributed by atoms with Crippen molar-refractivity contribution in [2.24, 2.45) is 5.92 Å². The summed E-state index contributed by atoms with van der Waals surface area (Å²) in [5.74, 6) is 1.45. The molecule has 158 valence electrons. The predicted molar refractivity (Wildman–Crippen MR) is 122 cm³/mol. The van der Waals surface area contributed by atoms with Gasteiger partial charge in [0.05, 0.1) is 10.0 Å². The maximum Gasteiger partial charge on any atom is 0.250 e. The number of likely N-dealkylation sites (tertiary alicyclic amines) is 1. The summed E-state index contributed by atoms with van der Waals surface area (Å²) in [4.78, 5) is 15.6. The molecule has 3 rings (SSSR count). The lowest BCUT2D eigenvalue weighted by Crippen LogP contribution is -2.41. The lowest BCUT2D eigenvalue weighted by atomic mass is 10.0. The number of piperidine rings is 1. The van der Waals surface area contributed by atoms with Gasteiger partial charge in [0.25, 0.3) is 0 Å². The van der Waals surface area contributed by atoms with E-state index in [9.17, 15) is 0 Å². The number of anilines is 1. The van der Waals surface area contributed by atoms with E-state index in [1.54, 1.807) is 18.2 Å². The van der Waals surface area contributed by atoms with Gasteiger partial charge in [0.1, 0.15) is 0 Å². The van der Waals surface area contributed by atoms with Gasteiger partial charge >= 0.3 is 0 Å². The molecule has 1 saturated heterocycles. The topological polar surface area (TPSA) is 53.9 Å². The van der Waals surface area contributed by atoms with Gasteiger partial charge in [0.2, 0.25) is 9.74 Å². The lowest BCUT2D eigenvalue weighted by molar-refractivity contribution is 0.197. The predicted octanol–water partition coefficient (Wildman–Crippen LogP) is 6.20. The number of rotatable bonds is 5. The molecule has 2 heterocycles. The Labute approximate surface area is 196 Å². The standard InChI is InChI=1S/C19H22Cl5N5/c1-11(2)10-29-7-5-13(6-8-29)25-18-27-16(26-17(28-18)19(22,23)24)12-3-4-14(20)15(21)9-12/h3-4,9,11,13H,5-8,10H2,1-2H3,(H,25,26,27,28). The summed E-state index contributed by atoms with van der Waals surface area (Å²) < 4.78 is -1.77. The minimum atomic E-state index is -1.77. The van der Waals surface area contributed by atoms with Crippen LogP contribution in [0.25, 0.3) is 11.4 Å². The van der Waals surface area contributed by atoms with E-state index in [4.69, 9.17) is 58.0 Å². The van der Waals surface area contributed by atoms with Crippen molar-refractivity contribution in [3.05, 3.63) is 34.1 Å². The van der Waals surface area contributed by atoms with Crippen molar-refractivity contribution in [3.8, 4) is 11.4 Å². The van der Waals surface area contributed by atoms with Gasteiger partial charge in [-0.15, -0.1) is 0 Å². The molecule has 0 amide bonds. The van der Waals surface area contributed by atoms with Crippen LogP contribution in [-0.2, 0) is 3.79 Å². The van der Waals surface area contributed by atoms with Crippen LogP contribution in [0.15, 0.2) is 18.2 Å². The first-order valence-corrected chi connectivity index (χ1v) is 11.3. The number of halogens is 5. The first-order chi connectivity index (χ1) is 13.6. The molecule has 0 aliphatic carbocycles. The van der Waals surface area contributed by atoms with Crippen LogP contribution < -0.4 is 5.32 Å². The Morgan fingerprint density at radius 3 is 2.34 bits per heavy atom. The molecule has 29 heavy (non-hydrogen) atoms. The highest BCUT2D eigenvalue weighted by Crippen LogP contribution is 2.37. The van der Waals surface area contributed by atoms with Crippen molar-refractivity contribution in [1.82, 2.24) is 19.9 Å². The van der Waals surface area contributed by atoms with E-state index in [0.29, 0.717) is 33.3 Å². The van der Waals surface area contributed by atoms with Gasteiger partial charge in [-0.05, 0) is 37.0 Å². The summed E-state index contributed by atoms with van der Waals surface area (Å²) in [6.07, 6.45) is 1.98. The maximum absolute atomic E-state index is 6.14. The largest absolute Gasteiger partial charge is 0.351 e. The van der Waals surface area contributed by atoms with Crippen LogP contribution in [0, 0.1) is 5.92 Å². The molecule has 1 aliphatic rings. The van der Waals surface area contributed by atoms with Crippen molar-refractivity contribution in [2.75, 3.05) is 25.0 Å². The van der Waals surface area contributed by atoms with Gasteiger partial charge in [-0.3, -0.25) is 0 Å². The molecule has 10 heteroatoms. The van der Waals surface area contributed by atoms with E-state index in [1.165, 1.54) is 0 Å². The zero-order valence-electron chi connectivity index (χ0n) is 16.1. The molecule has 0 unspecified atom stereocenters. The zero-order chi connectivity index (χ0) is 21.2. The Morgan fingerprint density at radius 1 is 1.07 bits per heavy atom. The number of benzene rings is 1. The van der Waals surface area contributed by atoms with Crippen LogP contribution in [0.2, 0.25) is 10.0 Å². The molecule has 2 aromatic rings.